The van der Waals surface area contributed by atoms with E-state index >= 15 is 0 Å². The molecule has 1 aromatic heterocycles. The van der Waals surface area contributed by atoms with Crippen LogP contribution in [0.15, 0.2) is 84.9 Å². The Morgan fingerprint density at radius 3 is 2.04 bits per heavy atom. The molecule has 0 atom stereocenters. The standard InChI is InChI=1S/C24H20FN3/c25-19-11-13-20(14-12-19)28-24-21(15-16-26-24)23(27-28)22(17-7-3-1-4-8-17)18-9-5-2-6-10-18/h1-14,22,26H,15-16H2. The van der Waals surface area contributed by atoms with Gasteiger partial charge in [-0.1, -0.05) is 60.7 Å². The molecule has 2 heterocycles. The molecule has 28 heavy (non-hydrogen) atoms. The predicted octanol–water partition coefficient (Wildman–Crippen LogP) is 5.16. The quantitative estimate of drug-likeness (QED) is 0.538. The van der Waals surface area contributed by atoms with Gasteiger partial charge < -0.3 is 5.32 Å². The van der Waals surface area contributed by atoms with Crippen molar-refractivity contribution < 1.29 is 4.39 Å². The number of anilines is 1. The van der Waals surface area contributed by atoms with Crippen LogP contribution in [0.4, 0.5) is 10.2 Å². The molecule has 138 valence electrons. The summed E-state index contributed by atoms with van der Waals surface area (Å²) in [6, 6.07) is 27.5. The first-order valence-corrected chi connectivity index (χ1v) is 9.53. The van der Waals surface area contributed by atoms with Gasteiger partial charge in [-0.15, -0.1) is 0 Å². The highest BCUT2D eigenvalue weighted by Gasteiger charge is 2.29. The van der Waals surface area contributed by atoms with Crippen LogP contribution in [0.5, 0.6) is 0 Å². The van der Waals surface area contributed by atoms with Crippen LogP contribution in [0, 0.1) is 5.82 Å². The first-order valence-electron chi connectivity index (χ1n) is 9.53. The fourth-order valence-corrected chi connectivity index (χ4v) is 4.00. The van der Waals surface area contributed by atoms with Crippen molar-refractivity contribution in [3.63, 3.8) is 0 Å². The van der Waals surface area contributed by atoms with Crippen molar-refractivity contribution in [1.82, 2.24) is 9.78 Å². The topological polar surface area (TPSA) is 29.9 Å². The minimum Gasteiger partial charge on any atom is -0.369 e. The van der Waals surface area contributed by atoms with Gasteiger partial charge >= 0.3 is 0 Å². The van der Waals surface area contributed by atoms with Crippen LogP contribution in [0.1, 0.15) is 28.3 Å². The van der Waals surface area contributed by atoms with E-state index in [-0.39, 0.29) is 11.7 Å². The smallest absolute Gasteiger partial charge is 0.133 e. The Bertz CT molecular complexity index is 1050. The Morgan fingerprint density at radius 2 is 1.43 bits per heavy atom. The van der Waals surface area contributed by atoms with Gasteiger partial charge in [-0.3, -0.25) is 0 Å². The molecule has 1 N–H and O–H groups in total. The van der Waals surface area contributed by atoms with Crippen molar-refractivity contribution in [2.45, 2.75) is 12.3 Å². The number of nitrogens with one attached hydrogen (secondary N) is 1. The highest BCUT2D eigenvalue weighted by molar-refractivity contribution is 5.60. The second-order valence-electron chi connectivity index (χ2n) is 7.03. The van der Waals surface area contributed by atoms with Crippen molar-refractivity contribution in [3.05, 3.63) is 113 Å². The van der Waals surface area contributed by atoms with E-state index in [1.54, 1.807) is 12.1 Å². The zero-order valence-corrected chi connectivity index (χ0v) is 15.3. The van der Waals surface area contributed by atoms with E-state index in [1.807, 2.05) is 16.8 Å². The Labute approximate surface area is 163 Å². The van der Waals surface area contributed by atoms with Crippen molar-refractivity contribution in [1.29, 1.82) is 0 Å². The molecule has 4 aromatic rings. The van der Waals surface area contributed by atoms with Gasteiger partial charge in [-0.05, 0) is 41.8 Å². The number of aromatic nitrogens is 2. The average Bonchev–Trinajstić information content (AvgIpc) is 3.35. The molecule has 3 nitrogen and oxygen atoms in total. The largest absolute Gasteiger partial charge is 0.369 e. The molecular weight excluding hydrogens is 349 g/mol. The fraction of sp³-hybridized carbons (Fsp3) is 0.125. The molecule has 0 radical (unpaired) electrons. The van der Waals surface area contributed by atoms with Gasteiger partial charge in [0, 0.05) is 12.1 Å². The molecule has 0 bridgehead atoms. The highest BCUT2D eigenvalue weighted by Crippen LogP contribution is 2.38. The maximum absolute atomic E-state index is 13.4. The van der Waals surface area contributed by atoms with Gasteiger partial charge in [0.15, 0.2) is 0 Å². The summed E-state index contributed by atoms with van der Waals surface area (Å²) in [5.74, 6) is 0.823. The first-order chi connectivity index (χ1) is 13.8. The number of benzene rings is 3. The molecule has 0 saturated carbocycles. The van der Waals surface area contributed by atoms with E-state index in [0.29, 0.717) is 0 Å². The molecule has 0 saturated heterocycles. The summed E-state index contributed by atoms with van der Waals surface area (Å²) in [6.07, 6.45) is 0.933. The normalized spacial score (nSPS) is 12.8. The van der Waals surface area contributed by atoms with Gasteiger partial charge in [-0.25, -0.2) is 9.07 Å². The number of halogens is 1. The third-order valence-electron chi connectivity index (χ3n) is 5.29. The lowest BCUT2D eigenvalue weighted by Gasteiger charge is -2.17. The third kappa shape index (κ3) is 2.87. The average molecular weight is 369 g/mol. The lowest BCUT2D eigenvalue weighted by molar-refractivity contribution is 0.627. The monoisotopic (exact) mass is 369 g/mol. The number of fused-ring (bicyclic) bond motifs is 1. The van der Waals surface area contributed by atoms with Crippen LogP contribution in [0.3, 0.4) is 0 Å². The van der Waals surface area contributed by atoms with Gasteiger partial charge in [0.05, 0.1) is 17.3 Å². The molecule has 1 aliphatic rings. The van der Waals surface area contributed by atoms with Crippen LogP contribution in [-0.2, 0) is 6.42 Å². The molecule has 0 spiro atoms. The summed E-state index contributed by atoms with van der Waals surface area (Å²) in [7, 11) is 0. The van der Waals surface area contributed by atoms with Crippen molar-refractivity contribution in [3.8, 4) is 5.69 Å². The van der Waals surface area contributed by atoms with E-state index in [4.69, 9.17) is 5.10 Å². The van der Waals surface area contributed by atoms with Crippen LogP contribution in [0.2, 0.25) is 0 Å². The minimum atomic E-state index is -0.243. The molecule has 0 aliphatic carbocycles. The maximum Gasteiger partial charge on any atom is 0.133 e. The van der Waals surface area contributed by atoms with Crippen LogP contribution < -0.4 is 5.32 Å². The number of hydrogen-bond acceptors (Lipinski definition) is 2. The van der Waals surface area contributed by atoms with E-state index in [9.17, 15) is 4.39 Å². The highest BCUT2D eigenvalue weighted by atomic mass is 19.1. The number of rotatable bonds is 4. The Morgan fingerprint density at radius 1 is 0.821 bits per heavy atom. The fourth-order valence-electron chi connectivity index (χ4n) is 4.00. The maximum atomic E-state index is 13.4. The van der Waals surface area contributed by atoms with Gasteiger partial charge in [0.25, 0.3) is 0 Å². The van der Waals surface area contributed by atoms with E-state index in [1.165, 1.54) is 28.8 Å². The van der Waals surface area contributed by atoms with Crippen LogP contribution >= 0.6 is 0 Å². The minimum absolute atomic E-state index is 0.0535. The van der Waals surface area contributed by atoms with Crippen LogP contribution in [-0.4, -0.2) is 16.3 Å². The second-order valence-corrected chi connectivity index (χ2v) is 7.03. The molecule has 0 unspecified atom stereocenters. The molecule has 3 aromatic carbocycles. The molecular formula is C24H20FN3. The first kappa shape index (κ1) is 16.8. The molecule has 1 aliphatic heterocycles. The number of nitrogens with zero attached hydrogens (tertiary/aromatic N) is 2. The lowest BCUT2D eigenvalue weighted by Crippen LogP contribution is -2.09. The summed E-state index contributed by atoms with van der Waals surface area (Å²) in [5, 5.41) is 8.48. The lowest BCUT2D eigenvalue weighted by atomic mass is 9.86. The van der Waals surface area contributed by atoms with E-state index < -0.39 is 0 Å². The van der Waals surface area contributed by atoms with Gasteiger partial charge in [0.2, 0.25) is 0 Å². The SMILES string of the molecule is Fc1ccc(-n2nc(C(c3ccccc3)c3ccccc3)c3c2NCC3)cc1. The van der Waals surface area contributed by atoms with E-state index in [2.05, 4.69) is 53.8 Å². The van der Waals surface area contributed by atoms with Gasteiger partial charge in [0.1, 0.15) is 11.6 Å². The summed E-state index contributed by atoms with van der Waals surface area (Å²) in [6.45, 7) is 0.887. The Balaban J connectivity index is 1.70. The third-order valence-corrected chi connectivity index (χ3v) is 5.29. The Kier molecular flexibility index (Phi) is 4.17. The second kappa shape index (κ2) is 6.97. The molecule has 0 amide bonds. The zero-order valence-electron chi connectivity index (χ0n) is 15.3. The van der Waals surface area contributed by atoms with Crippen molar-refractivity contribution in [2.75, 3.05) is 11.9 Å². The summed E-state index contributed by atoms with van der Waals surface area (Å²) in [4.78, 5) is 0. The Hall–Kier alpha value is -3.40. The van der Waals surface area contributed by atoms with Crippen LogP contribution in [0.25, 0.3) is 5.69 Å². The molecule has 5 rings (SSSR count). The van der Waals surface area contributed by atoms with Gasteiger partial charge in [-0.2, -0.15) is 5.10 Å². The predicted molar refractivity (Wildman–Crippen MR) is 110 cm³/mol. The molecule has 0 fully saturated rings. The zero-order chi connectivity index (χ0) is 18.9. The summed E-state index contributed by atoms with van der Waals surface area (Å²) < 4.78 is 15.3. The van der Waals surface area contributed by atoms with E-state index in [0.717, 1.165) is 30.2 Å². The van der Waals surface area contributed by atoms with Crippen molar-refractivity contribution >= 4 is 5.82 Å². The summed E-state index contributed by atoms with van der Waals surface area (Å²) >= 11 is 0. The van der Waals surface area contributed by atoms with Crippen molar-refractivity contribution in [2.24, 2.45) is 0 Å². The number of hydrogen-bond donors (Lipinski definition) is 1. The summed E-state index contributed by atoms with van der Waals surface area (Å²) in [5.41, 5.74) is 5.58. The molecule has 4 heteroatoms.